The van der Waals surface area contributed by atoms with Crippen molar-refractivity contribution in [2.75, 3.05) is 0 Å². The van der Waals surface area contributed by atoms with Crippen molar-refractivity contribution >= 4 is 21.1 Å². The third-order valence-corrected chi connectivity index (χ3v) is 5.98. The zero-order valence-corrected chi connectivity index (χ0v) is 16.7. The molecule has 0 aliphatic rings. The van der Waals surface area contributed by atoms with Gasteiger partial charge in [-0.15, -0.1) is 0 Å². The van der Waals surface area contributed by atoms with Crippen molar-refractivity contribution in [1.82, 2.24) is 9.55 Å². The quantitative estimate of drug-likeness (QED) is 0.531. The van der Waals surface area contributed by atoms with E-state index in [4.69, 9.17) is 10.1 Å². The molecule has 6 nitrogen and oxygen atoms in total. The summed E-state index contributed by atoms with van der Waals surface area (Å²) in [6.45, 7) is 2.41. The van der Waals surface area contributed by atoms with E-state index in [9.17, 15) is 13.5 Å². The molecule has 0 saturated carbocycles. The minimum atomic E-state index is -3.85. The molecule has 0 aliphatic heterocycles. The second kappa shape index (κ2) is 7.11. The first kappa shape index (κ1) is 19.3. The molecule has 0 atom stereocenters. The summed E-state index contributed by atoms with van der Waals surface area (Å²) >= 11 is 0. The minimum Gasteiger partial charge on any atom is -0.373 e. The van der Waals surface area contributed by atoms with E-state index in [0.29, 0.717) is 34.5 Å². The molecule has 1 aromatic heterocycles. The number of hydrogen-bond donors (Lipinski definition) is 2. The summed E-state index contributed by atoms with van der Waals surface area (Å²) in [7, 11) is -3.85. The van der Waals surface area contributed by atoms with Crippen molar-refractivity contribution in [2.24, 2.45) is 5.14 Å². The summed E-state index contributed by atoms with van der Waals surface area (Å²) in [5.74, 6) is 0.416. The van der Waals surface area contributed by atoms with Crippen LogP contribution in [0.25, 0.3) is 11.0 Å². The van der Waals surface area contributed by atoms with E-state index >= 15 is 0 Å². The van der Waals surface area contributed by atoms with Gasteiger partial charge in [0.2, 0.25) is 10.0 Å². The monoisotopic (exact) mass is 407 g/mol. The predicted octanol–water partition coefficient (Wildman–Crippen LogP) is 2.99. The lowest BCUT2D eigenvalue weighted by atomic mass is 9.85. The maximum absolute atomic E-state index is 12.0. The Morgan fingerprint density at radius 2 is 1.52 bits per heavy atom. The van der Waals surface area contributed by atoms with Crippen LogP contribution in [0.15, 0.2) is 83.8 Å². The molecule has 7 heteroatoms. The largest absolute Gasteiger partial charge is 0.373 e. The highest BCUT2D eigenvalue weighted by atomic mass is 32.2. The van der Waals surface area contributed by atoms with Crippen molar-refractivity contribution in [1.29, 1.82) is 0 Å². The van der Waals surface area contributed by atoms with Crippen LogP contribution in [0.5, 0.6) is 0 Å². The van der Waals surface area contributed by atoms with E-state index in [1.54, 1.807) is 6.07 Å². The zero-order chi connectivity index (χ0) is 20.6. The molecule has 0 spiro atoms. The number of aryl methyl sites for hydroxylation is 1. The molecule has 0 amide bonds. The van der Waals surface area contributed by atoms with Gasteiger partial charge in [0.15, 0.2) is 11.4 Å². The summed E-state index contributed by atoms with van der Waals surface area (Å²) in [4.78, 5) is 4.72. The Hall–Kier alpha value is -3.00. The van der Waals surface area contributed by atoms with Crippen molar-refractivity contribution in [3.63, 3.8) is 0 Å². The Kier molecular flexibility index (Phi) is 4.74. The van der Waals surface area contributed by atoms with Gasteiger partial charge in [-0.1, -0.05) is 60.7 Å². The van der Waals surface area contributed by atoms with Crippen LogP contribution in [-0.2, 0) is 22.2 Å². The Balaban J connectivity index is 2.06. The lowest BCUT2D eigenvalue weighted by Gasteiger charge is -2.29. The van der Waals surface area contributed by atoms with Crippen LogP contribution in [0.3, 0.4) is 0 Å². The topological polar surface area (TPSA) is 98.2 Å². The molecule has 3 aromatic carbocycles. The zero-order valence-electron chi connectivity index (χ0n) is 15.9. The van der Waals surface area contributed by atoms with E-state index in [0.717, 1.165) is 0 Å². The number of nitrogens with two attached hydrogens (primary N) is 1. The van der Waals surface area contributed by atoms with Crippen LogP contribution < -0.4 is 5.14 Å². The van der Waals surface area contributed by atoms with Crippen LogP contribution in [0.4, 0.5) is 0 Å². The third kappa shape index (κ3) is 3.23. The van der Waals surface area contributed by atoms with Gasteiger partial charge >= 0.3 is 0 Å². The molecule has 4 aromatic rings. The van der Waals surface area contributed by atoms with Crippen molar-refractivity contribution in [2.45, 2.75) is 24.0 Å². The number of primary sulfonamides is 1. The summed E-state index contributed by atoms with van der Waals surface area (Å²) in [6, 6.07) is 23.2. The average Bonchev–Trinajstić information content (AvgIpc) is 3.12. The second-order valence-corrected chi connectivity index (χ2v) is 8.38. The number of rotatable bonds is 5. The number of nitrogens with zero attached hydrogens (tertiary/aromatic N) is 2. The van der Waals surface area contributed by atoms with Crippen LogP contribution in [-0.4, -0.2) is 23.1 Å². The number of benzene rings is 3. The molecule has 0 unspecified atom stereocenters. The minimum absolute atomic E-state index is 0.00844. The van der Waals surface area contributed by atoms with Gasteiger partial charge in [-0.2, -0.15) is 0 Å². The van der Waals surface area contributed by atoms with Crippen LogP contribution in [0.1, 0.15) is 23.9 Å². The van der Waals surface area contributed by atoms with Crippen molar-refractivity contribution in [3.8, 4) is 0 Å². The lowest BCUT2D eigenvalue weighted by molar-refractivity contribution is 0.112. The van der Waals surface area contributed by atoms with Gasteiger partial charge < -0.3 is 9.67 Å². The van der Waals surface area contributed by atoms with Gasteiger partial charge in [-0.25, -0.2) is 18.5 Å². The van der Waals surface area contributed by atoms with Crippen molar-refractivity contribution in [3.05, 3.63) is 95.8 Å². The van der Waals surface area contributed by atoms with E-state index in [2.05, 4.69) is 0 Å². The van der Waals surface area contributed by atoms with E-state index in [-0.39, 0.29) is 4.90 Å². The smallest absolute Gasteiger partial charge is 0.238 e. The fraction of sp³-hybridized carbons (Fsp3) is 0.136. The highest BCUT2D eigenvalue weighted by Crippen LogP contribution is 2.37. The maximum atomic E-state index is 12.0. The summed E-state index contributed by atoms with van der Waals surface area (Å²) in [6.07, 6.45) is 0. The molecule has 1 heterocycles. The number of imidazole rings is 1. The normalized spacial score (nSPS) is 12.4. The maximum Gasteiger partial charge on any atom is 0.238 e. The van der Waals surface area contributed by atoms with Gasteiger partial charge in [-0.3, -0.25) is 0 Å². The summed E-state index contributed by atoms with van der Waals surface area (Å²) in [5, 5.41) is 17.3. The fourth-order valence-corrected chi connectivity index (χ4v) is 4.19. The Labute approximate surface area is 169 Å². The molecule has 0 aliphatic carbocycles. The van der Waals surface area contributed by atoms with Crippen LogP contribution >= 0.6 is 0 Å². The van der Waals surface area contributed by atoms with Gasteiger partial charge in [0.05, 0.1) is 15.9 Å². The highest BCUT2D eigenvalue weighted by Gasteiger charge is 2.38. The van der Waals surface area contributed by atoms with Crippen LogP contribution in [0.2, 0.25) is 0 Å². The van der Waals surface area contributed by atoms with Gasteiger partial charge in [0.1, 0.15) is 0 Å². The second-order valence-electron chi connectivity index (χ2n) is 6.82. The van der Waals surface area contributed by atoms with Crippen LogP contribution in [0, 0.1) is 0 Å². The number of aliphatic hydroxyl groups is 1. The SMILES string of the molecule is CCn1c(C(O)(c2ccccc2)c2ccccc2)nc2ccc(S(N)(=O)=O)cc21. The predicted molar refractivity (Wildman–Crippen MR) is 112 cm³/mol. The summed E-state index contributed by atoms with van der Waals surface area (Å²) in [5.41, 5.74) is 1.00. The van der Waals surface area contributed by atoms with Gasteiger partial charge in [0.25, 0.3) is 0 Å². The number of hydrogen-bond acceptors (Lipinski definition) is 4. The first-order valence-corrected chi connectivity index (χ1v) is 10.8. The Morgan fingerprint density at radius 3 is 2.00 bits per heavy atom. The van der Waals surface area contributed by atoms with E-state index in [1.165, 1.54) is 12.1 Å². The first-order chi connectivity index (χ1) is 13.9. The lowest BCUT2D eigenvalue weighted by Crippen LogP contribution is -2.32. The molecule has 0 radical (unpaired) electrons. The Bertz CT molecular complexity index is 1230. The number of sulfonamides is 1. The summed E-state index contributed by atoms with van der Waals surface area (Å²) < 4.78 is 25.5. The van der Waals surface area contributed by atoms with Gasteiger partial charge in [-0.05, 0) is 36.2 Å². The molecule has 4 rings (SSSR count). The fourth-order valence-electron chi connectivity index (χ4n) is 3.66. The number of fused-ring (bicyclic) bond motifs is 1. The molecular formula is C22H21N3O3S. The first-order valence-electron chi connectivity index (χ1n) is 9.22. The molecular weight excluding hydrogens is 386 g/mol. The van der Waals surface area contributed by atoms with E-state index in [1.807, 2.05) is 72.2 Å². The number of aromatic nitrogens is 2. The van der Waals surface area contributed by atoms with Gasteiger partial charge in [0, 0.05) is 6.54 Å². The van der Waals surface area contributed by atoms with E-state index < -0.39 is 15.6 Å². The molecule has 3 N–H and O–H groups in total. The molecule has 0 saturated heterocycles. The highest BCUT2D eigenvalue weighted by molar-refractivity contribution is 7.89. The van der Waals surface area contributed by atoms with Crippen molar-refractivity contribution < 1.29 is 13.5 Å². The standard InChI is InChI=1S/C22H21N3O3S/c1-2-25-20-15-18(29(23,27)28)13-14-19(20)24-21(25)22(26,16-9-5-3-6-10-16)17-11-7-4-8-12-17/h3-15,26H,2H2,1H3,(H2,23,27,28). The molecule has 148 valence electrons. The average molecular weight is 407 g/mol. The molecule has 0 fully saturated rings. The third-order valence-electron chi connectivity index (χ3n) is 5.07. The Morgan fingerprint density at radius 1 is 0.966 bits per heavy atom. The molecule has 0 bridgehead atoms. The molecule has 29 heavy (non-hydrogen) atoms.